The number of ether oxygens (including phenoxy) is 3. The number of Topliss-reactive ketones (excluding diaryl/α,β-unsaturated/α-hetero) is 1. The summed E-state index contributed by atoms with van der Waals surface area (Å²) in [6.07, 6.45) is 0.979. The van der Waals surface area contributed by atoms with Crippen LogP contribution in [0.25, 0.3) is 0 Å². The van der Waals surface area contributed by atoms with Gasteiger partial charge in [-0.1, -0.05) is 0 Å². The van der Waals surface area contributed by atoms with E-state index in [0.29, 0.717) is 32.7 Å². The number of esters is 1. The van der Waals surface area contributed by atoms with E-state index in [1.165, 1.54) is 6.92 Å². The van der Waals surface area contributed by atoms with Gasteiger partial charge in [0, 0.05) is 13.0 Å². The molecule has 18 heavy (non-hydrogen) atoms. The number of carbonyl (C=O) groups is 2. The smallest absolute Gasteiger partial charge is 0.306 e. The highest BCUT2D eigenvalue weighted by atomic mass is 16.6. The first-order valence-corrected chi connectivity index (χ1v) is 6.18. The Balaban J connectivity index is 3.30. The highest BCUT2D eigenvalue weighted by Crippen LogP contribution is 2.08. The van der Waals surface area contributed by atoms with Crippen LogP contribution in [-0.4, -0.2) is 43.8 Å². The highest BCUT2D eigenvalue weighted by molar-refractivity contribution is 5.76. The molecule has 0 fully saturated rings. The fraction of sp³-hybridized carbons (Fsp3) is 0.846. The van der Waals surface area contributed by atoms with E-state index in [1.54, 1.807) is 0 Å². The maximum atomic E-state index is 11.3. The molecule has 0 amide bonds. The third kappa shape index (κ3) is 13.1. The number of ketones is 1. The van der Waals surface area contributed by atoms with E-state index in [2.05, 4.69) is 0 Å². The van der Waals surface area contributed by atoms with Gasteiger partial charge in [-0.2, -0.15) is 0 Å². The van der Waals surface area contributed by atoms with Crippen molar-refractivity contribution in [3.05, 3.63) is 0 Å². The van der Waals surface area contributed by atoms with Gasteiger partial charge in [0.25, 0.3) is 0 Å². The fourth-order valence-corrected chi connectivity index (χ4v) is 1.15. The maximum Gasteiger partial charge on any atom is 0.306 e. The molecule has 0 N–H and O–H groups in total. The minimum atomic E-state index is -0.432. The first-order chi connectivity index (χ1) is 8.31. The molecule has 0 aliphatic heterocycles. The van der Waals surface area contributed by atoms with Crippen molar-refractivity contribution in [3.63, 3.8) is 0 Å². The topological polar surface area (TPSA) is 61.8 Å². The van der Waals surface area contributed by atoms with Gasteiger partial charge >= 0.3 is 5.97 Å². The van der Waals surface area contributed by atoms with Crippen LogP contribution in [0.3, 0.4) is 0 Å². The van der Waals surface area contributed by atoms with Crippen molar-refractivity contribution in [2.24, 2.45) is 0 Å². The van der Waals surface area contributed by atoms with E-state index in [0.717, 1.165) is 0 Å². The van der Waals surface area contributed by atoms with Crippen LogP contribution in [0.4, 0.5) is 0 Å². The molecular weight excluding hydrogens is 236 g/mol. The Bertz CT molecular complexity index is 255. The molecule has 0 saturated carbocycles. The van der Waals surface area contributed by atoms with Gasteiger partial charge in [-0.05, 0) is 34.1 Å². The second kappa shape index (κ2) is 9.05. The van der Waals surface area contributed by atoms with Gasteiger partial charge in [-0.15, -0.1) is 0 Å². The molecule has 5 nitrogen and oxygen atoms in total. The molecule has 0 heterocycles. The third-order valence-electron chi connectivity index (χ3n) is 1.77. The number of carbonyl (C=O) groups excluding carboxylic acids is 2. The van der Waals surface area contributed by atoms with Gasteiger partial charge in [0.05, 0.1) is 13.2 Å². The Kier molecular flexibility index (Phi) is 8.58. The molecule has 106 valence electrons. The van der Waals surface area contributed by atoms with Crippen LogP contribution in [0.15, 0.2) is 0 Å². The predicted octanol–water partition coefficient (Wildman–Crippen LogP) is 1.73. The first-order valence-electron chi connectivity index (χ1n) is 6.18. The first kappa shape index (κ1) is 17.1. The lowest BCUT2D eigenvalue weighted by molar-refractivity contribution is -0.155. The largest absolute Gasteiger partial charge is 0.460 e. The van der Waals surface area contributed by atoms with Crippen LogP contribution in [0.2, 0.25) is 0 Å². The molecule has 5 heteroatoms. The van der Waals surface area contributed by atoms with Crippen molar-refractivity contribution in [3.8, 4) is 0 Å². The van der Waals surface area contributed by atoms with Crippen LogP contribution >= 0.6 is 0 Å². The molecule has 0 aliphatic rings. The zero-order valence-electron chi connectivity index (χ0n) is 11.8. The standard InChI is InChI=1S/C13H24O5/c1-11(14)10-17-9-8-16-7-5-6-12(15)18-13(2,3)4/h5-10H2,1-4H3. The molecule has 0 spiro atoms. The normalized spacial score (nSPS) is 11.3. The summed E-state index contributed by atoms with van der Waals surface area (Å²) in [6.45, 7) is 8.44. The second-order valence-corrected chi connectivity index (χ2v) is 5.06. The predicted molar refractivity (Wildman–Crippen MR) is 67.4 cm³/mol. The summed E-state index contributed by atoms with van der Waals surface area (Å²) in [5.41, 5.74) is -0.432. The Morgan fingerprint density at radius 1 is 1.00 bits per heavy atom. The molecule has 0 bridgehead atoms. The monoisotopic (exact) mass is 260 g/mol. The average molecular weight is 260 g/mol. The van der Waals surface area contributed by atoms with Crippen molar-refractivity contribution < 1.29 is 23.8 Å². The zero-order chi connectivity index (χ0) is 14.0. The second-order valence-electron chi connectivity index (χ2n) is 5.06. The summed E-state index contributed by atoms with van der Waals surface area (Å²) in [5.74, 6) is -0.209. The van der Waals surface area contributed by atoms with Gasteiger partial charge in [0.2, 0.25) is 0 Å². The number of rotatable bonds is 9. The van der Waals surface area contributed by atoms with E-state index >= 15 is 0 Å². The van der Waals surface area contributed by atoms with Crippen molar-refractivity contribution in [2.45, 2.75) is 46.1 Å². The summed E-state index contributed by atoms with van der Waals surface area (Å²) in [4.78, 5) is 21.9. The van der Waals surface area contributed by atoms with E-state index in [4.69, 9.17) is 14.2 Å². The van der Waals surface area contributed by atoms with E-state index in [-0.39, 0.29) is 18.4 Å². The molecule has 0 aromatic heterocycles. The van der Waals surface area contributed by atoms with Gasteiger partial charge in [-0.25, -0.2) is 0 Å². The minimum absolute atomic E-state index is 0.0000688. The lowest BCUT2D eigenvalue weighted by Gasteiger charge is -2.19. The minimum Gasteiger partial charge on any atom is -0.460 e. The molecule has 0 unspecified atom stereocenters. The van der Waals surface area contributed by atoms with Crippen molar-refractivity contribution >= 4 is 11.8 Å². The van der Waals surface area contributed by atoms with Crippen LogP contribution in [0.1, 0.15) is 40.5 Å². The van der Waals surface area contributed by atoms with E-state index < -0.39 is 5.60 Å². The Morgan fingerprint density at radius 2 is 1.61 bits per heavy atom. The van der Waals surface area contributed by atoms with Gasteiger partial charge in [-0.3, -0.25) is 9.59 Å². The Morgan fingerprint density at radius 3 is 2.17 bits per heavy atom. The van der Waals surface area contributed by atoms with Crippen molar-refractivity contribution in [1.29, 1.82) is 0 Å². The number of hydrogen-bond acceptors (Lipinski definition) is 5. The maximum absolute atomic E-state index is 11.3. The summed E-state index contributed by atoms with van der Waals surface area (Å²) in [6, 6.07) is 0. The van der Waals surface area contributed by atoms with Crippen LogP contribution < -0.4 is 0 Å². The quantitative estimate of drug-likeness (QED) is 0.466. The Hall–Kier alpha value is -0.940. The fourth-order valence-electron chi connectivity index (χ4n) is 1.15. The molecular formula is C13H24O5. The molecule has 0 atom stereocenters. The van der Waals surface area contributed by atoms with Crippen LogP contribution in [-0.2, 0) is 23.8 Å². The molecule has 0 aromatic carbocycles. The summed E-state index contributed by atoms with van der Waals surface area (Å²) in [7, 11) is 0. The summed E-state index contributed by atoms with van der Waals surface area (Å²) >= 11 is 0. The molecule has 0 radical (unpaired) electrons. The molecule has 0 aliphatic carbocycles. The zero-order valence-corrected chi connectivity index (χ0v) is 11.8. The summed E-state index contributed by atoms with van der Waals surface area (Å²) < 4.78 is 15.4. The highest BCUT2D eigenvalue weighted by Gasteiger charge is 2.15. The van der Waals surface area contributed by atoms with Crippen molar-refractivity contribution in [1.82, 2.24) is 0 Å². The van der Waals surface area contributed by atoms with Gasteiger partial charge < -0.3 is 14.2 Å². The van der Waals surface area contributed by atoms with Crippen LogP contribution in [0, 0.1) is 0 Å². The lowest BCUT2D eigenvalue weighted by Crippen LogP contribution is -2.23. The third-order valence-corrected chi connectivity index (χ3v) is 1.77. The molecule has 0 rings (SSSR count). The summed E-state index contributed by atoms with van der Waals surface area (Å²) in [5, 5.41) is 0. The number of hydrogen-bond donors (Lipinski definition) is 0. The van der Waals surface area contributed by atoms with Gasteiger partial charge in [0.15, 0.2) is 5.78 Å². The SMILES string of the molecule is CC(=O)COCCOCCCC(=O)OC(C)(C)C. The van der Waals surface area contributed by atoms with E-state index in [1.807, 2.05) is 20.8 Å². The molecule has 0 aromatic rings. The van der Waals surface area contributed by atoms with Gasteiger partial charge in [0.1, 0.15) is 12.2 Å². The van der Waals surface area contributed by atoms with Crippen molar-refractivity contribution in [2.75, 3.05) is 26.4 Å². The average Bonchev–Trinajstić information content (AvgIpc) is 2.18. The van der Waals surface area contributed by atoms with E-state index in [9.17, 15) is 9.59 Å². The molecule has 0 saturated heterocycles. The lowest BCUT2D eigenvalue weighted by atomic mass is 10.2. The Labute approximate surface area is 109 Å². The van der Waals surface area contributed by atoms with Crippen LogP contribution in [0.5, 0.6) is 0 Å².